The highest BCUT2D eigenvalue weighted by atomic mass is 19.1. The molecule has 6 nitrogen and oxygen atoms in total. The van der Waals surface area contributed by atoms with Gasteiger partial charge in [-0.15, -0.1) is 0 Å². The summed E-state index contributed by atoms with van der Waals surface area (Å²) < 4.78 is 23.4. The first-order chi connectivity index (χ1) is 10.0. The van der Waals surface area contributed by atoms with Crippen molar-refractivity contribution < 1.29 is 28.6 Å². The van der Waals surface area contributed by atoms with Crippen molar-refractivity contribution in [3.8, 4) is 5.75 Å². The van der Waals surface area contributed by atoms with Gasteiger partial charge in [0.1, 0.15) is 6.10 Å². The third kappa shape index (κ3) is 3.69. The average molecular weight is 297 g/mol. The third-order valence-electron chi connectivity index (χ3n) is 3.27. The highest BCUT2D eigenvalue weighted by Gasteiger charge is 2.34. The molecule has 1 heterocycles. The second-order valence-electron chi connectivity index (χ2n) is 4.72. The Morgan fingerprint density at radius 2 is 2.14 bits per heavy atom. The second kappa shape index (κ2) is 6.53. The zero-order valence-corrected chi connectivity index (χ0v) is 11.5. The van der Waals surface area contributed by atoms with Crippen LogP contribution in [0.25, 0.3) is 0 Å². The molecule has 1 fully saturated rings. The van der Waals surface area contributed by atoms with Crippen LogP contribution in [0.4, 0.5) is 4.39 Å². The van der Waals surface area contributed by atoms with Crippen LogP contribution < -0.4 is 10.1 Å². The van der Waals surface area contributed by atoms with E-state index in [1.54, 1.807) is 6.07 Å². The Labute approximate surface area is 120 Å². The van der Waals surface area contributed by atoms with Gasteiger partial charge in [0, 0.05) is 6.54 Å². The van der Waals surface area contributed by atoms with Crippen LogP contribution in [0, 0.1) is 5.82 Å². The summed E-state index contributed by atoms with van der Waals surface area (Å²) >= 11 is 0. The van der Waals surface area contributed by atoms with Crippen molar-refractivity contribution in [2.24, 2.45) is 0 Å². The molecule has 1 aliphatic heterocycles. The number of carboxylic acids is 1. The molecular formula is C14H16FNO5. The second-order valence-corrected chi connectivity index (χ2v) is 4.72. The van der Waals surface area contributed by atoms with Crippen LogP contribution in [0.5, 0.6) is 5.75 Å². The smallest absolute Gasteiger partial charge is 0.332 e. The predicted octanol–water partition coefficient (Wildman–Crippen LogP) is 1.08. The van der Waals surface area contributed by atoms with Crippen LogP contribution >= 0.6 is 0 Å². The normalized spacial score (nSPS) is 21.0. The van der Waals surface area contributed by atoms with Crippen molar-refractivity contribution in [1.82, 2.24) is 5.32 Å². The molecule has 0 aliphatic carbocycles. The summed E-state index contributed by atoms with van der Waals surface area (Å²) in [6.07, 6.45) is -1.03. The summed E-state index contributed by atoms with van der Waals surface area (Å²) in [5.41, 5.74) is 0.578. The van der Waals surface area contributed by atoms with Gasteiger partial charge in [-0.2, -0.15) is 0 Å². The molecule has 21 heavy (non-hydrogen) atoms. The van der Waals surface area contributed by atoms with Crippen molar-refractivity contribution in [3.63, 3.8) is 0 Å². The van der Waals surface area contributed by atoms with Gasteiger partial charge in [-0.05, 0) is 30.5 Å². The molecule has 0 aromatic heterocycles. The minimum absolute atomic E-state index is 0.133. The first-order valence-electron chi connectivity index (χ1n) is 6.49. The molecule has 1 aromatic carbocycles. The highest BCUT2D eigenvalue weighted by Crippen LogP contribution is 2.20. The van der Waals surface area contributed by atoms with Crippen molar-refractivity contribution in [2.75, 3.05) is 7.11 Å². The quantitative estimate of drug-likeness (QED) is 0.849. The maximum atomic E-state index is 13.5. The maximum absolute atomic E-state index is 13.5. The summed E-state index contributed by atoms with van der Waals surface area (Å²) in [7, 11) is 1.37. The topological polar surface area (TPSA) is 84.9 Å². The maximum Gasteiger partial charge on any atom is 0.332 e. The first-order valence-corrected chi connectivity index (χ1v) is 6.49. The molecule has 2 rings (SSSR count). The molecule has 1 aliphatic rings. The number of amides is 1. The van der Waals surface area contributed by atoms with Crippen LogP contribution in [0.2, 0.25) is 0 Å². The van der Waals surface area contributed by atoms with Crippen molar-refractivity contribution in [2.45, 2.75) is 31.6 Å². The van der Waals surface area contributed by atoms with Gasteiger partial charge in [-0.25, -0.2) is 9.18 Å². The minimum atomic E-state index is -1.07. The van der Waals surface area contributed by atoms with Crippen LogP contribution in [-0.4, -0.2) is 36.3 Å². The summed E-state index contributed by atoms with van der Waals surface area (Å²) in [4.78, 5) is 22.6. The largest absolute Gasteiger partial charge is 0.494 e. The number of carboxylic acid groups (broad SMARTS) is 1. The first kappa shape index (κ1) is 15.2. The SMILES string of the molecule is COc1ccc(CNC(=O)[C@@H]2CC[C@H](C(=O)O)O2)cc1F. The van der Waals surface area contributed by atoms with Crippen LogP contribution in [0.1, 0.15) is 18.4 Å². The Bertz CT molecular complexity index is 548. The number of hydrogen-bond acceptors (Lipinski definition) is 4. The van der Waals surface area contributed by atoms with E-state index in [0.717, 1.165) is 0 Å². The Morgan fingerprint density at radius 1 is 1.43 bits per heavy atom. The number of nitrogens with one attached hydrogen (secondary N) is 1. The lowest BCUT2D eigenvalue weighted by atomic mass is 10.1. The lowest BCUT2D eigenvalue weighted by molar-refractivity contribution is -0.151. The number of halogens is 1. The molecule has 0 spiro atoms. The van der Waals surface area contributed by atoms with Crippen molar-refractivity contribution >= 4 is 11.9 Å². The minimum Gasteiger partial charge on any atom is -0.494 e. The Kier molecular flexibility index (Phi) is 4.74. The standard InChI is InChI=1S/C14H16FNO5/c1-20-10-3-2-8(6-9(10)15)7-16-13(17)11-4-5-12(21-11)14(18)19/h2-3,6,11-12H,4-5,7H2,1H3,(H,16,17)(H,18,19)/t11-,12+/m0/s1. The van der Waals surface area contributed by atoms with Gasteiger partial charge >= 0.3 is 5.97 Å². The van der Waals surface area contributed by atoms with Crippen LogP contribution in [-0.2, 0) is 20.9 Å². The fourth-order valence-electron chi connectivity index (χ4n) is 2.13. The van der Waals surface area contributed by atoms with Crippen LogP contribution in [0.15, 0.2) is 18.2 Å². The van der Waals surface area contributed by atoms with E-state index in [9.17, 15) is 14.0 Å². The average Bonchev–Trinajstić information content (AvgIpc) is 2.95. The zero-order chi connectivity index (χ0) is 15.4. The molecule has 2 N–H and O–H groups in total. The number of carbonyl (C=O) groups excluding carboxylic acids is 1. The highest BCUT2D eigenvalue weighted by molar-refractivity contribution is 5.82. The fourth-order valence-corrected chi connectivity index (χ4v) is 2.13. The summed E-state index contributed by atoms with van der Waals surface area (Å²) in [5.74, 6) is -1.83. The van der Waals surface area contributed by atoms with Gasteiger partial charge in [0.15, 0.2) is 17.7 Å². The third-order valence-corrected chi connectivity index (χ3v) is 3.27. The number of ether oxygens (including phenoxy) is 2. The van der Waals surface area contributed by atoms with Crippen molar-refractivity contribution in [1.29, 1.82) is 0 Å². The molecule has 2 atom stereocenters. The number of hydrogen-bond donors (Lipinski definition) is 2. The van der Waals surface area contributed by atoms with Crippen molar-refractivity contribution in [3.05, 3.63) is 29.6 Å². The molecule has 7 heteroatoms. The van der Waals surface area contributed by atoms with Gasteiger partial charge < -0.3 is 19.9 Å². The van der Waals surface area contributed by atoms with Gasteiger partial charge in [-0.1, -0.05) is 6.07 Å². The molecular weight excluding hydrogens is 281 g/mol. The van der Waals surface area contributed by atoms with Crippen LogP contribution in [0.3, 0.4) is 0 Å². The summed E-state index contributed by atoms with van der Waals surface area (Å²) in [6.45, 7) is 0.136. The van der Waals surface area contributed by atoms with E-state index >= 15 is 0 Å². The van der Waals surface area contributed by atoms with Gasteiger partial charge in [-0.3, -0.25) is 4.79 Å². The van der Waals surface area contributed by atoms with E-state index in [-0.39, 0.29) is 12.3 Å². The Morgan fingerprint density at radius 3 is 2.71 bits per heavy atom. The monoisotopic (exact) mass is 297 g/mol. The van der Waals surface area contributed by atoms with Gasteiger partial charge in [0.25, 0.3) is 0 Å². The fraction of sp³-hybridized carbons (Fsp3) is 0.429. The summed E-state index contributed by atoms with van der Waals surface area (Å²) in [5, 5.41) is 11.4. The number of aliphatic carboxylic acids is 1. The summed E-state index contributed by atoms with van der Waals surface area (Å²) in [6, 6.07) is 4.38. The molecule has 1 aromatic rings. The molecule has 114 valence electrons. The molecule has 1 amide bonds. The van der Waals surface area contributed by atoms with E-state index in [2.05, 4.69) is 5.32 Å². The van der Waals surface area contributed by atoms with E-state index in [1.165, 1.54) is 19.2 Å². The van der Waals surface area contributed by atoms with E-state index in [0.29, 0.717) is 18.4 Å². The number of carbonyl (C=O) groups is 2. The Hall–Kier alpha value is -2.15. The lowest BCUT2D eigenvalue weighted by Crippen LogP contribution is -2.35. The van der Waals surface area contributed by atoms with Gasteiger partial charge in [0.2, 0.25) is 5.91 Å². The Balaban J connectivity index is 1.87. The van der Waals surface area contributed by atoms with Gasteiger partial charge in [0.05, 0.1) is 7.11 Å². The van der Waals surface area contributed by atoms with E-state index in [1.807, 2.05) is 0 Å². The lowest BCUT2D eigenvalue weighted by Gasteiger charge is -2.12. The molecule has 0 unspecified atom stereocenters. The van der Waals surface area contributed by atoms with E-state index in [4.69, 9.17) is 14.6 Å². The number of rotatable bonds is 5. The van der Waals surface area contributed by atoms with E-state index < -0.39 is 29.9 Å². The molecule has 0 radical (unpaired) electrons. The number of methoxy groups -OCH3 is 1. The molecule has 0 saturated carbocycles. The predicted molar refractivity (Wildman–Crippen MR) is 70.3 cm³/mol. The zero-order valence-electron chi connectivity index (χ0n) is 11.5. The number of benzene rings is 1. The molecule has 0 bridgehead atoms. The molecule has 1 saturated heterocycles.